The molecule has 1 saturated carbocycles. The van der Waals surface area contributed by atoms with Gasteiger partial charge in [-0.2, -0.15) is 13.2 Å². The number of nitrogens with one attached hydrogen (secondary N) is 1. The Morgan fingerprint density at radius 2 is 1.85 bits per heavy atom. The first-order valence-electron chi connectivity index (χ1n) is 8.64. The van der Waals surface area contributed by atoms with Crippen molar-refractivity contribution in [1.82, 2.24) is 10.2 Å². The van der Waals surface area contributed by atoms with Crippen LogP contribution in [0.2, 0.25) is 0 Å². The summed E-state index contributed by atoms with van der Waals surface area (Å²) >= 11 is 0. The maximum atomic E-state index is 12.8. The lowest BCUT2D eigenvalue weighted by atomic mass is 10.0. The first-order chi connectivity index (χ1) is 12.3. The predicted molar refractivity (Wildman–Crippen MR) is 95.0 cm³/mol. The number of carbonyl (C=O) groups is 1. The Morgan fingerprint density at radius 1 is 1.22 bits per heavy atom. The third-order valence-electron chi connectivity index (χ3n) is 4.93. The zero-order valence-corrected chi connectivity index (χ0v) is 15.3. The van der Waals surface area contributed by atoms with Gasteiger partial charge in [-0.1, -0.05) is 0 Å². The molecule has 1 saturated heterocycles. The molecule has 10 heteroatoms. The van der Waals surface area contributed by atoms with Crippen LogP contribution >= 0.6 is 12.4 Å². The van der Waals surface area contributed by atoms with E-state index in [1.807, 2.05) is 0 Å². The van der Waals surface area contributed by atoms with E-state index in [4.69, 9.17) is 0 Å². The van der Waals surface area contributed by atoms with E-state index in [2.05, 4.69) is 5.32 Å². The van der Waals surface area contributed by atoms with Crippen molar-refractivity contribution >= 4 is 24.0 Å². The van der Waals surface area contributed by atoms with E-state index in [-0.39, 0.29) is 18.0 Å². The number of alkyl halides is 3. The van der Waals surface area contributed by atoms with Crippen molar-refractivity contribution in [2.24, 2.45) is 5.92 Å². The molecule has 2 fully saturated rings. The highest BCUT2D eigenvalue weighted by molar-refractivity contribution is 5.98. The zero-order chi connectivity index (χ0) is 18.9. The van der Waals surface area contributed by atoms with E-state index < -0.39 is 28.3 Å². The van der Waals surface area contributed by atoms with Gasteiger partial charge in [0, 0.05) is 25.2 Å². The third-order valence-corrected chi connectivity index (χ3v) is 4.93. The standard InChI is InChI=1S/C17H20F3N3O3.ClH/c18-17(19,20)12-3-4-14(15(9-12)23(25)26)16(24)22-7-5-13(6-8-22)21-10-11-1-2-11;/h3-4,9,11,13,21H,1-2,5-8,10H2;1H. The molecule has 1 heterocycles. The molecule has 0 unspecified atom stereocenters. The van der Waals surface area contributed by atoms with Crippen molar-refractivity contribution in [3.8, 4) is 0 Å². The number of benzene rings is 1. The summed E-state index contributed by atoms with van der Waals surface area (Å²) in [5, 5.41) is 14.6. The number of hydrogen-bond donors (Lipinski definition) is 1. The highest BCUT2D eigenvalue weighted by Crippen LogP contribution is 2.33. The molecule has 2 aliphatic rings. The average molecular weight is 408 g/mol. The maximum Gasteiger partial charge on any atom is 0.416 e. The summed E-state index contributed by atoms with van der Waals surface area (Å²) in [6.45, 7) is 1.83. The fourth-order valence-electron chi connectivity index (χ4n) is 3.15. The first kappa shape index (κ1) is 21.4. The molecule has 1 aromatic carbocycles. The van der Waals surface area contributed by atoms with Crippen molar-refractivity contribution in [2.75, 3.05) is 19.6 Å². The summed E-state index contributed by atoms with van der Waals surface area (Å²) in [4.78, 5) is 24.3. The summed E-state index contributed by atoms with van der Waals surface area (Å²) in [7, 11) is 0. The van der Waals surface area contributed by atoms with Gasteiger partial charge in [0.2, 0.25) is 0 Å². The molecular weight excluding hydrogens is 387 g/mol. The van der Waals surface area contributed by atoms with Gasteiger partial charge >= 0.3 is 6.18 Å². The second-order valence-electron chi connectivity index (χ2n) is 6.90. The minimum Gasteiger partial charge on any atom is -0.338 e. The number of rotatable bonds is 5. The van der Waals surface area contributed by atoms with Gasteiger partial charge in [-0.3, -0.25) is 14.9 Å². The Hall–Kier alpha value is -1.87. The zero-order valence-electron chi connectivity index (χ0n) is 14.5. The Balaban J connectivity index is 0.00000261. The molecule has 1 N–H and O–H groups in total. The largest absolute Gasteiger partial charge is 0.416 e. The van der Waals surface area contributed by atoms with Crippen LogP contribution in [0.1, 0.15) is 41.6 Å². The van der Waals surface area contributed by atoms with Gasteiger partial charge < -0.3 is 10.2 Å². The molecule has 0 spiro atoms. The Labute approximate surface area is 160 Å². The van der Waals surface area contributed by atoms with E-state index in [0.29, 0.717) is 31.3 Å². The fourth-order valence-corrected chi connectivity index (χ4v) is 3.15. The number of amides is 1. The number of piperidine rings is 1. The van der Waals surface area contributed by atoms with Crippen LogP contribution in [0.25, 0.3) is 0 Å². The van der Waals surface area contributed by atoms with Crippen LogP contribution in [0.4, 0.5) is 18.9 Å². The molecule has 1 aliphatic carbocycles. The van der Waals surface area contributed by atoms with Crippen molar-refractivity contribution in [1.29, 1.82) is 0 Å². The van der Waals surface area contributed by atoms with Gasteiger partial charge in [0.25, 0.3) is 11.6 Å². The van der Waals surface area contributed by atoms with Crippen molar-refractivity contribution in [2.45, 2.75) is 37.9 Å². The second kappa shape index (κ2) is 8.43. The highest BCUT2D eigenvalue weighted by Gasteiger charge is 2.35. The second-order valence-corrected chi connectivity index (χ2v) is 6.90. The molecule has 0 bridgehead atoms. The third kappa shape index (κ3) is 5.32. The lowest BCUT2D eigenvalue weighted by Gasteiger charge is -2.32. The summed E-state index contributed by atoms with van der Waals surface area (Å²) in [6.07, 6.45) is -0.735. The van der Waals surface area contributed by atoms with E-state index in [9.17, 15) is 28.1 Å². The SMILES string of the molecule is Cl.O=C(c1ccc(C(F)(F)F)cc1[N+](=O)[O-])N1CCC(NCC2CC2)CC1. The molecule has 0 atom stereocenters. The summed E-state index contributed by atoms with van der Waals surface area (Å²) < 4.78 is 38.3. The minimum absolute atomic E-state index is 0. The molecule has 6 nitrogen and oxygen atoms in total. The molecule has 0 aromatic heterocycles. The van der Waals surface area contributed by atoms with Crippen LogP contribution in [0.15, 0.2) is 18.2 Å². The van der Waals surface area contributed by atoms with E-state index in [1.54, 1.807) is 0 Å². The van der Waals surface area contributed by atoms with E-state index >= 15 is 0 Å². The first-order valence-corrected chi connectivity index (χ1v) is 8.64. The molecule has 1 amide bonds. The molecule has 3 rings (SSSR count). The topological polar surface area (TPSA) is 75.5 Å². The van der Waals surface area contributed by atoms with Gasteiger partial charge in [-0.15, -0.1) is 12.4 Å². The minimum atomic E-state index is -4.70. The fraction of sp³-hybridized carbons (Fsp3) is 0.588. The lowest BCUT2D eigenvalue weighted by Crippen LogP contribution is -2.45. The van der Waals surface area contributed by atoms with Gasteiger partial charge in [-0.05, 0) is 50.3 Å². The lowest BCUT2D eigenvalue weighted by molar-refractivity contribution is -0.385. The number of nitro benzene ring substituents is 1. The van der Waals surface area contributed by atoms with Crippen molar-refractivity contribution < 1.29 is 22.9 Å². The van der Waals surface area contributed by atoms with Crippen molar-refractivity contribution in [3.05, 3.63) is 39.4 Å². The summed E-state index contributed by atoms with van der Waals surface area (Å²) in [6, 6.07) is 2.35. The van der Waals surface area contributed by atoms with Crippen molar-refractivity contribution in [3.63, 3.8) is 0 Å². The van der Waals surface area contributed by atoms with Gasteiger partial charge in [-0.25, -0.2) is 0 Å². The van der Waals surface area contributed by atoms with Gasteiger partial charge in [0.1, 0.15) is 5.56 Å². The quantitative estimate of drug-likeness (QED) is 0.597. The molecule has 1 aliphatic heterocycles. The monoisotopic (exact) mass is 407 g/mol. The van der Waals surface area contributed by atoms with Crippen LogP contribution in [0.3, 0.4) is 0 Å². The number of carbonyl (C=O) groups excluding carboxylic acids is 1. The number of likely N-dealkylation sites (tertiary alicyclic amines) is 1. The Morgan fingerprint density at radius 3 is 2.37 bits per heavy atom. The summed E-state index contributed by atoms with van der Waals surface area (Å²) in [5.41, 5.74) is -2.24. The molecule has 27 heavy (non-hydrogen) atoms. The Bertz CT molecular complexity index is 702. The molecular formula is C17H21ClF3N3O3. The normalized spacial score (nSPS) is 18.1. The molecule has 1 aromatic rings. The number of halogens is 4. The number of nitrogens with zero attached hydrogens (tertiary/aromatic N) is 2. The predicted octanol–water partition coefficient (Wildman–Crippen LogP) is 3.64. The Kier molecular flexibility index (Phi) is 6.69. The van der Waals surface area contributed by atoms with Crippen LogP contribution in [-0.2, 0) is 6.18 Å². The van der Waals surface area contributed by atoms with E-state index in [0.717, 1.165) is 31.4 Å². The van der Waals surface area contributed by atoms with Crippen LogP contribution < -0.4 is 5.32 Å². The smallest absolute Gasteiger partial charge is 0.338 e. The highest BCUT2D eigenvalue weighted by atomic mass is 35.5. The van der Waals surface area contributed by atoms with Gasteiger partial charge in [0.05, 0.1) is 10.5 Å². The maximum absolute atomic E-state index is 12.8. The van der Waals surface area contributed by atoms with E-state index in [1.165, 1.54) is 17.7 Å². The number of hydrogen-bond acceptors (Lipinski definition) is 4. The molecule has 0 radical (unpaired) electrons. The number of nitro groups is 1. The van der Waals surface area contributed by atoms with Gasteiger partial charge in [0.15, 0.2) is 0 Å². The van der Waals surface area contributed by atoms with Crippen LogP contribution in [0, 0.1) is 16.0 Å². The molecule has 150 valence electrons. The summed E-state index contributed by atoms with van der Waals surface area (Å²) in [5.74, 6) is 0.163. The van der Waals surface area contributed by atoms with Crippen LogP contribution in [0.5, 0.6) is 0 Å². The average Bonchev–Trinajstić information content (AvgIpc) is 3.43. The van der Waals surface area contributed by atoms with Crippen LogP contribution in [-0.4, -0.2) is 41.4 Å².